The van der Waals surface area contributed by atoms with Crippen LogP contribution >= 0.6 is 0 Å². The summed E-state index contributed by atoms with van der Waals surface area (Å²) in [6, 6.07) is 6.80. The van der Waals surface area contributed by atoms with Crippen molar-refractivity contribution in [3.63, 3.8) is 0 Å². The van der Waals surface area contributed by atoms with Gasteiger partial charge in [-0.25, -0.2) is 4.79 Å². The molecule has 1 saturated heterocycles. The summed E-state index contributed by atoms with van der Waals surface area (Å²) in [5, 5.41) is 12.0. The van der Waals surface area contributed by atoms with Crippen molar-refractivity contribution >= 4 is 11.7 Å². The maximum Gasteiger partial charge on any atom is 0.322 e. The molecule has 1 aromatic rings. The molecule has 4 nitrogen and oxygen atoms in total. The Morgan fingerprint density at radius 1 is 1.40 bits per heavy atom. The summed E-state index contributed by atoms with van der Waals surface area (Å²) >= 11 is 0. The predicted molar refractivity (Wildman–Crippen MR) is 58.1 cm³/mol. The number of urea groups is 1. The number of anilines is 1. The Morgan fingerprint density at radius 3 is 2.67 bits per heavy atom. The van der Waals surface area contributed by atoms with Crippen molar-refractivity contribution in [2.75, 3.05) is 11.4 Å². The van der Waals surface area contributed by atoms with E-state index in [1.165, 1.54) is 0 Å². The maximum atomic E-state index is 11.6. The van der Waals surface area contributed by atoms with Gasteiger partial charge in [-0.1, -0.05) is 0 Å². The van der Waals surface area contributed by atoms with Gasteiger partial charge in [0, 0.05) is 18.3 Å². The van der Waals surface area contributed by atoms with Crippen LogP contribution in [0.3, 0.4) is 0 Å². The van der Waals surface area contributed by atoms with Gasteiger partial charge < -0.3 is 10.4 Å². The number of phenolic OH excluding ortho intramolecular Hbond substituents is 1. The molecular formula is C11H14N2O2. The summed E-state index contributed by atoms with van der Waals surface area (Å²) in [5.74, 6) is 0.212. The van der Waals surface area contributed by atoms with Crippen LogP contribution in [0.1, 0.15) is 13.3 Å². The SMILES string of the molecule is CC1CCNC(=O)N1c1ccc(O)cc1. The van der Waals surface area contributed by atoms with Crippen molar-refractivity contribution < 1.29 is 9.90 Å². The molecule has 0 aliphatic carbocycles. The van der Waals surface area contributed by atoms with E-state index < -0.39 is 0 Å². The van der Waals surface area contributed by atoms with Crippen LogP contribution in [-0.4, -0.2) is 23.7 Å². The number of hydrogen-bond acceptors (Lipinski definition) is 2. The van der Waals surface area contributed by atoms with Crippen molar-refractivity contribution in [3.8, 4) is 5.75 Å². The van der Waals surface area contributed by atoms with Gasteiger partial charge in [0.05, 0.1) is 0 Å². The van der Waals surface area contributed by atoms with Crippen molar-refractivity contribution in [1.82, 2.24) is 5.32 Å². The largest absolute Gasteiger partial charge is 0.508 e. The lowest BCUT2D eigenvalue weighted by molar-refractivity contribution is 0.239. The highest BCUT2D eigenvalue weighted by atomic mass is 16.3. The van der Waals surface area contributed by atoms with Crippen LogP contribution in [0, 0.1) is 0 Å². The molecule has 1 heterocycles. The Bertz CT molecular complexity index is 361. The van der Waals surface area contributed by atoms with Gasteiger partial charge in [0.2, 0.25) is 0 Å². The van der Waals surface area contributed by atoms with E-state index in [1.54, 1.807) is 29.2 Å². The topological polar surface area (TPSA) is 52.6 Å². The number of nitrogens with zero attached hydrogens (tertiary/aromatic N) is 1. The van der Waals surface area contributed by atoms with Crippen LogP contribution < -0.4 is 10.2 Å². The maximum absolute atomic E-state index is 11.6. The minimum Gasteiger partial charge on any atom is -0.508 e. The number of rotatable bonds is 1. The molecule has 15 heavy (non-hydrogen) atoms. The van der Waals surface area contributed by atoms with Crippen LogP contribution in [0.15, 0.2) is 24.3 Å². The Labute approximate surface area is 88.5 Å². The number of aromatic hydroxyl groups is 1. The molecule has 2 rings (SSSR count). The molecule has 0 bridgehead atoms. The number of benzene rings is 1. The Hall–Kier alpha value is -1.71. The van der Waals surface area contributed by atoms with Crippen LogP contribution in [0.5, 0.6) is 5.75 Å². The smallest absolute Gasteiger partial charge is 0.322 e. The van der Waals surface area contributed by atoms with Gasteiger partial charge >= 0.3 is 6.03 Å². The predicted octanol–water partition coefficient (Wildman–Crippen LogP) is 1.70. The van der Waals surface area contributed by atoms with Crippen LogP contribution in [0.2, 0.25) is 0 Å². The first kappa shape index (κ1) is 9.83. The van der Waals surface area contributed by atoms with E-state index in [0.717, 1.165) is 18.7 Å². The first-order chi connectivity index (χ1) is 7.18. The number of carbonyl (C=O) groups excluding carboxylic acids is 1. The molecular weight excluding hydrogens is 192 g/mol. The van der Waals surface area contributed by atoms with Crippen LogP contribution in [0.4, 0.5) is 10.5 Å². The standard InChI is InChI=1S/C11H14N2O2/c1-8-6-7-12-11(15)13(8)9-2-4-10(14)5-3-9/h2-5,8,14H,6-7H2,1H3,(H,12,15). The summed E-state index contributed by atoms with van der Waals surface area (Å²) in [4.78, 5) is 13.4. The number of nitrogens with one attached hydrogen (secondary N) is 1. The van der Waals surface area contributed by atoms with Gasteiger partial charge in [0.1, 0.15) is 5.75 Å². The zero-order valence-corrected chi connectivity index (χ0v) is 8.60. The minimum atomic E-state index is -0.0700. The Morgan fingerprint density at radius 2 is 2.07 bits per heavy atom. The first-order valence-corrected chi connectivity index (χ1v) is 5.04. The zero-order valence-electron chi connectivity index (χ0n) is 8.60. The lowest BCUT2D eigenvalue weighted by Crippen LogP contribution is -2.51. The van der Waals surface area contributed by atoms with Gasteiger partial charge in [-0.2, -0.15) is 0 Å². The van der Waals surface area contributed by atoms with Crippen LogP contribution in [-0.2, 0) is 0 Å². The normalized spacial score (nSPS) is 21.3. The second-order valence-corrected chi connectivity index (χ2v) is 3.76. The number of amides is 2. The molecule has 1 aromatic carbocycles. The Kier molecular flexibility index (Phi) is 2.49. The van der Waals surface area contributed by atoms with E-state index in [9.17, 15) is 4.79 Å². The lowest BCUT2D eigenvalue weighted by Gasteiger charge is -2.33. The zero-order chi connectivity index (χ0) is 10.8. The molecule has 4 heteroatoms. The highest BCUT2D eigenvalue weighted by molar-refractivity contribution is 5.93. The monoisotopic (exact) mass is 206 g/mol. The Balaban J connectivity index is 2.27. The average molecular weight is 206 g/mol. The van der Waals surface area contributed by atoms with E-state index in [4.69, 9.17) is 5.11 Å². The van der Waals surface area contributed by atoms with Crippen molar-refractivity contribution in [2.45, 2.75) is 19.4 Å². The van der Waals surface area contributed by atoms with Gasteiger partial charge in [0.25, 0.3) is 0 Å². The third-order valence-corrected chi connectivity index (χ3v) is 2.63. The van der Waals surface area contributed by atoms with E-state index in [0.29, 0.717) is 0 Å². The number of hydrogen-bond donors (Lipinski definition) is 2. The highest BCUT2D eigenvalue weighted by Gasteiger charge is 2.25. The summed E-state index contributed by atoms with van der Waals surface area (Å²) < 4.78 is 0. The van der Waals surface area contributed by atoms with E-state index in [-0.39, 0.29) is 17.8 Å². The molecule has 2 amide bonds. The molecule has 1 aliphatic rings. The number of phenols is 1. The third-order valence-electron chi connectivity index (χ3n) is 2.63. The second kappa shape index (κ2) is 3.81. The van der Waals surface area contributed by atoms with Gasteiger partial charge in [0.15, 0.2) is 0 Å². The van der Waals surface area contributed by atoms with Gasteiger partial charge in [-0.15, -0.1) is 0 Å². The summed E-state index contributed by atoms with van der Waals surface area (Å²) in [6.45, 7) is 2.75. The molecule has 0 saturated carbocycles. The fourth-order valence-corrected chi connectivity index (χ4v) is 1.79. The van der Waals surface area contributed by atoms with Crippen molar-refractivity contribution in [1.29, 1.82) is 0 Å². The summed E-state index contributed by atoms with van der Waals surface area (Å²) in [5.41, 5.74) is 0.817. The molecule has 80 valence electrons. The average Bonchev–Trinajstić information content (AvgIpc) is 2.20. The second-order valence-electron chi connectivity index (χ2n) is 3.76. The minimum absolute atomic E-state index is 0.0700. The van der Waals surface area contributed by atoms with Crippen LogP contribution in [0.25, 0.3) is 0 Å². The van der Waals surface area contributed by atoms with Crippen molar-refractivity contribution in [3.05, 3.63) is 24.3 Å². The molecule has 1 fully saturated rings. The fourth-order valence-electron chi connectivity index (χ4n) is 1.79. The molecule has 0 spiro atoms. The van der Waals surface area contributed by atoms with Gasteiger partial charge in [-0.3, -0.25) is 4.90 Å². The van der Waals surface area contributed by atoms with E-state index in [2.05, 4.69) is 5.32 Å². The summed E-state index contributed by atoms with van der Waals surface area (Å²) in [6.07, 6.45) is 0.937. The summed E-state index contributed by atoms with van der Waals surface area (Å²) in [7, 11) is 0. The molecule has 0 radical (unpaired) electrons. The molecule has 2 N–H and O–H groups in total. The molecule has 1 atom stereocenters. The lowest BCUT2D eigenvalue weighted by atomic mass is 10.1. The molecule has 0 aromatic heterocycles. The first-order valence-electron chi connectivity index (χ1n) is 5.04. The van der Waals surface area contributed by atoms with E-state index >= 15 is 0 Å². The highest BCUT2D eigenvalue weighted by Crippen LogP contribution is 2.23. The molecule has 1 aliphatic heterocycles. The fraction of sp³-hybridized carbons (Fsp3) is 0.364. The van der Waals surface area contributed by atoms with Gasteiger partial charge in [-0.05, 0) is 37.6 Å². The third kappa shape index (κ3) is 1.88. The molecule has 1 unspecified atom stereocenters. The van der Waals surface area contributed by atoms with E-state index in [1.807, 2.05) is 6.92 Å². The number of carbonyl (C=O) groups is 1. The quantitative estimate of drug-likeness (QED) is 0.734. The van der Waals surface area contributed by atoms with Crippen molar-refractivity contribution in [2.24, 2.45) is 0 Å².